The van der Waals surface area contributed by atoms with Gasteiger partial charge in [-0.05, 0) is 38.4 Å². The van der Waals surface area contributed by atoms with E-state index in [0.29, 0.717) is 6.61 Å². The molecule has 0 amide bonds. The van der Waals surface area contributed by atoms with Crippen molar-refractivity contribution in [3.05, 3.63) is 59.2 Å². The molecule has 0 radical (unpaired) electrons. The molecule has 0 fully saturated rings. The Morgan fingerprint density at radius 2 is 1.81 bits per heavy atom. The molecule has 26 heavy (non-hydrogen) atoms. The molecule has 0 aliphatic carbocycles. The lowest BCUT2D eigenvalue weighted by molar-refractivity contribution is 0.144. The number of benzene rings is 2. The van der Waals surface area contributed by atoms with E-state index in [9.17, 15) is 0 Å². The fraction of sp³-hybridized carbons (Fsp3) is 0.429. The Balaban J connectivity index is 0.00000338. The first kappa shape index (κ1) is 22.3. The van der Waals surface area contributed by atoms with Crippen molar-refractivity contribution in [2.75, 3.05) is 26.9 Å². The fourth-order valence-corrected chi connectivity index (χ4v) is 2.53. The second kappa shape index (κ2) is 12.6. The third-order valence-electron chi connectivity index (χ3n) is 3.95. The predicted octanol–water partition coefficient (Wildman–Crippen LogP) is 4.52. The van der Waals surface area contributed by atoms with Crippen LogP contribution < -0.4 is 14.8 Å². The molecule has 0 unspecified atom stereocenters. The van der Waals surface area contributed by atoms with Crippen LogP contribution in [0.4, 0.5) is 0 Å². The molecule has 0 aliphatic rings. The number of hydrogen-bond acceptors (Lipinski definition) is 4. The Morgan fingerprint density at radius 3 is 2.50 bits per heavy atom. The van der Waals surface area contributed by atoms with E-state index in [1.807, 2.05) is 19.1 Å². The molecule has 0 aliphatic heterocycles. The second-order valence-electron chi connectivity index (χ2n) is 5.95. The number of ether oxygens (including phenoxy) is 3. The van der Waals surface area contributed by atoms with Crippen molar-refractivity contribution in [3.63, 3.8) is 0 Å². The van der Waals surface area contributed by atoms with E-state index in [0.717, 1.165) is 55.4 Å². The summed E-state index contributed by atoms with van der Waals surface area (Å²) < 4.78 is 16.9. The first-order chi connectivity index (χ1) is 12.2. The van der Waals surface area contributed by atoms with Gasteiger partial charge < -0.3 is 19.5 Å². The average Bonchev–Trinajstić information content (AvgIpc) is 2.64. The summed E-state index contributed by atoms with van der Waals surface area (Å²) in [6.07, 6.45) is 0.997. The summed E-state index contributed by atoms with van der Waals surface area (Å²) in [6.45, 7) is 7.84. The number of hydrogen-bond donors (Lipinski definition) is 1. The van der Waals surface area contributed by atoms with Crippen molar-refractivity contribution >= 4 is 12.4 Å². The van der Waals surface area contributed by atoms with Crippen molar-refractivity contribution in [2.45, 2.75) is 33.4 Å². The number of rotatable bonds is 11. The summed E-state index contributed by atoms with van der Waals surface area (Å²) in [4.78, 5) is 0. The summed E-state index contributed by atoms with van der Waals surface area (Å²) >= 11 is 0. The first-order valence-corrected chi connectivity index (χ1v) is 8.87. The largest absolute Gasteiger partial charge is 0.493 e. The van der Waals surface area contributed by atoms with Gasteiger partial charge >= 0.3 is 0 Å². The van der Waals surface area contributed by atoms with Gasteiger partial charge in [0.15, 0.2) is 11.5 Å². The number of nitrogens with one attached hydrogen (secondary N) is 1. The number of para-hydroxylation sites is 1. The van der Waals surface area contributed by atoms with Crippen LogP contribution in [0.2, 0.25) is 0 Å². The third kappa shape index (κ3) is 7.24. The molecule has 0 bridgehead atoms. The fourth-order valence-electron chi connectivity index (χ4n) is 2.53. The van der Waals surface area contributed by atoms with Gasteiger partial charge in [-0.15, -0.1) is 12.4 Å². The van der Waals surface area contributed by atoms with Crippen LogP contribution in [-0.4, -0.2) is 26.9 Å². The quantitative estimate of drug-likeness (QED) is 0.582. The number of methoxy groups -OCH3 is 1. The van der Waals surface area contributed by atoms with Crippen LogP contribution in [-0.2, 0) is 17.9 Å². The second-order valence-corrected chi connectivity index (χ2v) is 5.95. The van der Waals surface area contributed by atoms with Gasteiger partial charge in [0.1, 0.15) is 6.61 Å². The molecule has 0 aromatic heterocycles. The van der Waals surface area contributed by atoms with Gasteiger partial charge in [0.25, 0.3) is 0 Å². The Hall–Kier alpha value is -1.75. The minimum absolute atomic E-state index is 0. The van der Waals surface area contributed by atoms with Gasteiger partial charge in [-0.3, -0.25) is 0 Å². The van der Waals surface area contributed by atoms with E-state index in [4.69, 9.17) is 14.2 Å². The Labute approximate surface area is 163 Å². The highest BCUT2D eigenvalue weighted by molar-refractivity contribution is 5.85. The van der Waals surface area contributed by atoms with E-state index < -0.39 is 0 Å². The molecule has 144 valence electrons. The van der Waals surface area contributed by atoms with Gasteiger partial charge in [-0.25, -0.2) is 0 Å². The standard InChI is InChI=1S/C21H29NO3.ClH/c1-4-24-14-6-13-22-15-19-7-5-8-20(23-3)21(19)25-16-18-11-9-17(2)10-12-18;/h5,7-12,22H,4,6,13-16H2,1-3H3;1H. The van der Waals surface area contributed by atoms with Crippen molar-refractivity contribution < 1.29 is 14.2 Å². The van der Waals surface area contributed by atoms with E-state index in [-0.39, 0.29) is 12.4 Å². The zero-order chi connectivity index (χ0) is 17.9. The van der Waals surface area contributed by atoms with Gasteiger partial charge in [0.2, 0.25) is 0 Å². The zero-order valence-electron chi connectivity index (χ0n) is 15.9. The van der Waals surface area contributed by atoms with Crippen LogP contribution >= 0.6 is 12.4 Å². The SMILES string of the molecule is CCOCCCNCc1cccc(OC)c1OCc1ccc(C)cc1.Cl. The maximum atomic E-state index is 6.09. The lowest BCUT2D eigenvalue weighted by Gasteiger charge is -2.16. The Kier molecular flexibility index (Phi) is 10.8. The molecule has 4 nitrogen and oxygen atoms in total. The molecule has 0 heterocycles. The molecular weight excluding hydrogens is 350 g/mol. The van der Waals surface area contributed by atoms with E-state index >= 15 is 0 Å². The maximum Gasteiger partial charge on any atom is 0.166 e. The predicted molar refractivity (Wildman–Crippen MR) is 109 cm³/mol. The van der Waals surface area contributed by atoms with E-state index in [1.165, 1.54) is 5.56 Å². The molecule has 0 saturated carbocycles. The summed E-state index contributed by atoms with van der Waals surface area (Å²) in [7, 11) is 1.67. The average molecular weight is 380 g/mol. The van der Waals surface area contributed by atoms with Gasteiger partial charge in [-0.1, -0.05) is 42.0 Å². The number of halogens is 1. The molecule has 1 N–H and O–H groups in total. The van der Waals surface area contributed by atoms with Crippen LogP contribution in [0.5, 0.6) is 11.5 Å². The van der Waals surface area contributed by atoms with E-state index in [1.54, 1.807) is 7.11 Å². The van der Waals surface area contributed by atoms with E-state index in [2.05, 4.69) is 42.6 Å². The minimum atomic E-state index is 0. The van der Waals surface area contributed by atoms with Gasteiger partial charge in [0.05, 0.1) is 7.11 Å². The van der Waals surface area contributed by atoms with Crippen LogP contribution in [0, 0.1) is 6.92 Å². The van der Waals surface area contributed by atoms with Gasteiger partial charge in [-0.2, -0.15) is 0 Å². The normalized spacial score (nSPS) is 10.3. The summed E-state index contributed by atoms with van der Waals surface area (Å²) in [5.74, 6) is 1.57. The highest BCUT2D eigenvalue weighted by Crippen LogP contribution is 2.31. The molecule has 0 saturated heterocycles. The molecular formula is C21H30ClNO3. The smallest absolute Gasteiger partial charge is 0.166 e. The monoisotopic (exact) mass is 379 g/mol. The van der Waals surface area contributed by atoms with Crippen LogP contribution in [0.1, 0.15) is 30.0 Å². The lowest BCUT2D eigenvalue weighted by atomic mass is 10.1. The molecule has 2 aromatic carbocycles. The highest BCUT2D eigenvalue weighted by Gasteiger charge is 2.10. The van der Waals surface area contributed by atoms with Crippen LogP contribution in [0.25, 0.3) is 0 Å². The van der Waals surface area contributed by atoms with Crippen molar-refractivity contribution in [1.82, 2.24) is 5.32 Å². The van der Waals surface area contributed by atoms with Crippen LogP contribution in [0.15, 0.2) is 42.5 Å². The van der Waals surface area contributed by atoms with Crippen molar-refractivity contribution in [3.8, 4) is 11.5 Å². The summed E-state index contributed by atoms with van der Waals surface area (Å²) in [5.41, 5.74) is 3.49. The Bertz CT molecular complexity index is 632. The van der Waals surface area contributed by atoms with Crippen LogP contribution in [0.3, 0.4) is 0 Å². The zero-order valence-corrected chi connectivity index (χ0v) is 16.7. The topological polar surface area (TPSA) is 39.7 Å². The summed E-state index contributed by atoms with van der Waals surface area (Å²) in [6, 6.07) is 14.4. The molecule has 0 spiro atoms. The van der Waals surface area contributed by atoms with Gasteiger partial charge in [0, 0.05) is 25.3 Å². The lowest BCUT2D eigenvalue weighted by Crippen LogP contribution is -2.17. The third-order valence-corrected chi connectivity index (χ3v) is 3.95. The molecule has 2 rings (SSSR count). The molecule has 2 aromatic rings. The first-order valence-electron chi connectivity index (χ1n) is 8.87. The highest BCUT2D eigenvalue weighted by atomic mass is 35.5. The van der Waals surface area contributed by atoms with Crippen molar-refractivity contribution in [2.24, 2.45) is 0 Å². The molecule has 0 atom stereocenters. The Morgan fingerprint density at radius 1 is 1.04 bits per heavy atom. The maximum absolute atomic E-state index is 6.09. The minimum Gasteiger partial charge on any atom is -0.493 e. The number of aryl methyl sites for hydroxylation is 1. The molecule has 5 heteroatoms. The summed E-state index contributed by atoms with van der Waals surface area (Å²) in [5, 5.41) is 3.44. The van der Waals surface area contributed by atoms with Crippen molar-refractivity contribution in [1.29, 1.82) is 0 Å².